The molecule has 0 heterocycles. The minimum Gasteiger partial charge on any atom is -0.462 e. The predicted octanol–water partition coefficient (Wildman–Crippen LogP) is 20.8. The number of phosphoric ester groups is 2. The van der Waals surface area contributed by atoms with Crippen molar-refractivity contribution in [3.05, 3.63) is 0 Å². The maximum atomic E-state index is 13.0. The molecule has 0 fully saturated rings. The molecule has 0 saturated carbocycles. The van der Waals surface area contributed by atoms with Gasteiger partial charge in [0.1, 0.15) is 19.3 Å². The molecule has 91 heavy (non-hydrogen) atoms. The molecule has 0 aliphatic carbocycles. The highest BCUT2D eigenvalue weighted by Gasteiger charge is 2.30. The summed E-state index contributed by atoms with van der Waals surface area (Å²) in [5.41, 5.74) is 0. The fourth-order valence-corrected chi connectivity index (χ4v) is 12.5. The topological polar surface area (TPSA) is 237 Å². The Bertz CT molecular complexity index is 1770. The number of hydrogen-bond acceptors (Lipinski definition) is 15. The summed E-state index contributed by atoms with van der Waals surface area (Å²) in [6, 6.07) is 0. The maximum Gasteiger partial charge on any atom is 0.472 e. The van der Waals surface area contributed by atoms with Crippen molar-refractivity contribution >= 4 is 39.5 Å². The zero-order valence-electron chi connectivity index (χ0n) is 59.1. The molecule has 6 atom stereocenters. The molecule has 0 rings (SSSR count). The Labute approximate surface area is 556 Å². The minimum atomic E-state index is -4.95. The summed E-state index contributed by atoms with van der Waals surface area (Å²) in [4.78, 5) is 72.5. The van der Waals surface area contributed by atoms with Gasteiger partial charge in [-0.05, 0) is 37.5 Å². The van der Waals surface area contributed by atoms with Crippen LogP contribution in [0.25, 0.3) is 0 Å². The lowest BCUT2D eigenvalue weighted by atomic mass is 10.00. The number of hydrogen-bond donors (Lipinski definition) is 3. The third-order valence-corrected chi connectivity index (χ3v) is 19.0. The van der Waals surface area contributed by atoms with Crippen LogP contribution in [0.5, 0.6) is 0 Å². The third kappa shape index (κ3) is 65.1. The normalized spacial score (nSPS) is 14.4. The van der Waals surface area contributed by atoms with Crippen LogP contribution in [-0.4, -0.2) is 96.7 Å². The maximum absolute atomic E-state index is 13.0. The second kappa shape index (κ2) is 64.1. The van der Waals surface area contributed by atoms with Crippen LogP contribution in [-0.2, 0) is 65.4 Å². The molecule has 0 aliphatic rings. The summed E-state index contributed by atoms with van der Waals surface area (Å²) >= 11 is 0. The van der Waals surface area contributed by atoms with Crippen LogP contribution < -0.4 is 0 Å². The number of unbranched alkanes of at least 4 members (excludes halogenated alkanes) is 40. The first-order valence-corrected chi connectivity index (χ1v) is 40.5. The van der Waals surface area contributed by atoms with Gasteiger partial charge in [-0.25, -0.2) is 9.13 Å². The van der Waals surface area contributed by atoms with Crippen LogP contribution in [0.1, 0.15) is 369 Å². The van der Waals surface area contributed by atoms with E-state index < -0.39 is 97.5 Å². The van der Waals surface area contributed by atoms with E-state index in [9.17, 15) is 43.2 Å². The van der Waals surface area contributed by atoms with E-state index in [0.29, 0.717) is 25.7 Å². The average Bonchev–Trinajstić information content (AvgIpc) is 3.73. The second-order valence-corrected chi connectivity index (χ2v) is 29.6. The molecule has 17 nitrogen and oxygen atoms in total. The number of ether oxygens (including phenoxy) is 4. The highest BCUT2D eigenvalue weighted by Crippen LogP contribution is 2.45. The summed E-state index contributed by atoms with van der Waals surface area (Å²) in [6.07, 6.45) is 50.1. The molecule has 0 spiro atoms. The van der Waals surface area contributed by atoms with Gasteiger partial charge >= 0.3 is 39.5 Å². The first-order chi connectivity index (χ1) is 43.9. The molecule has 0 saturated heterocycles. The molecular weight excluding hydrogens is 1200 g/mol. The van der Waals surface area contributed by atoms with Gasteiger partial charge in [0, 0.05) is 25.7 Å². The van der Waals surface area contributed by atoms with Crippen molar-refractivity contribution in [2.24, 2.45) is 11.8 Å². The van der Waals surface area contributed by atoms with Crippen molar-refractivity contribution in [2.75, 3.05) is 39.6 Å². The van der Waals surface area contributed by atoms with Crippen molar-refractivity contribution in [3.8, 4) is 0 Å². The summed E-state index contributed by atoms with van der Waals surface area (Å²) in [5, 5.41) is 10.6. The second-order valence-electron chi connectivity index (χ2n) is 26.7. The Morgan fingerprint density at radius 3 is 0.835 bits per heavy atom. The van der Waals surface area contributed by atoms with Crippen molar-refractivity contribution in [1.29, 1.82) is 0 Å². The molecule has 0 radical (unpaired) electrons. The van der Waals surface area contributed by atoms with Gasteiger partial charge in [-0.15, -0.1) is 0 Å². The largest absolute Gasteiger partial charge is 0.472 e. The van der Waals surface area contributed by atoms with E-state index in [0.717, 1.165) is 108 Å². The lowest BCUT2D eigenvalue weighted by molar-refractivity contribution is -0.161. The van der Waals surface area contributed by atoms with E-state index >= 15 is 0 Å². The SMILES string of the molecule is CCCCCCCCCCCCCCCCCCCCC(=O)O[C@H](COC(=O)CCCCCCCCCCCCCCC(C)C)COP(=O)(O)OC[C@@H](O)COP(=O)(O)OC[C@@H](COC(=O)CCCCCCCCCC)OC(=O)CCCCCCCCC(C)CC. The molecule has 19 heteroatoms. The van der Waals surface area contributed by atoms with E-state index in [1.807, 2.05) is 0 Å². The average molecular weight is 1340 g/mol. The fourth-order valence-electron chi connectivity index (χ4n) is 10.9. The van der Waals surface area contributed by atoms with Gasteiger partial charge in [-0.3, -0.25) is 37.3 Å². The molecule has 540 valence electrons. The van der Waals surface area contributed by atoms with Crippen LogP contribution in [0.3, 0.4) is 0 Å². The number of carbonyl (C=O) groups is 4. The van der Waals surface area contributed by atoms with E-state index in [1.54, 1.807) is 0 Å². The number of esters is 4. The van der Waals surface area contributed by atoms with Gasteiger partial charge in [0.2, 0.25) is 0 Å². The van der Waals surface area contributed by atoms with Crippen molar-refractivity contribution < 1.29 is 80.2 Å². The molecule has 0 bridgehead atoms. The summed E-state index contributed by atoms with van der Waals surface area (Å²) < 4.78 is 68.3. The van der Waals surface area contributed by atoms with Crippen molar-refractivity contribution in [2.45, 2.75) is 387 Å². The molecule has 0 aliphatic heterocycles. The lowest BCUT2D eigenvalue weighted by Gasteiger charge is -2.21. The van der Waals surface area contributed by atoms with E-state index in [-0.39, 0.29) is 25.7 Å². The highest BCUT2D eigenvalue weighted by molar-refractivity contribution is 7.47. The Hall–Kier alpha value is -1.94. The monoisotopic (exact) mass is 1340 g/mol. The van der Waals surface area contributed by atoms with Crippen molar-refractivity contribution in [3.63, 3.8) is 0 Å². The van der Waals surface area contributed by atoms with Crippen LogP contribution >= 0.6 is 15.6 Å². The van der Waals surface area contributed by atoms with Gasteiger partial charge in [-0.1, -0.05) is 318 Å². The molecule has 3 N–H and O–H groups in total. The predicted molar refractivity (Wildman–Crippen MR) is 368 cm³/mol. The van der Waals surface area contributed by atoms with Crippen LogP contribution in [0.4, 0.5) is 0 Å². The Morgan fingerprint density at radius 1 is 0.319 bits per heavy atom. The standard InChI is InChI=1S/C72H140O17P2/c1-7-10-12-14-16-18-19-20-21-22-23-24-25-30-33-37-44-50-56-71(76)88-67(60-83-70(75)55-49-43-36-32-29-27-26-28-31-34-40-46-52-64(4)5)62-86-90(78,79)84-58-66(73)59-85-91(80,81)87-63-68(61-82-69(74)54-48-42-35-17-15-13-11-8-2)89-72(77)57-51-45-39-38-41-47-53-65(6)9-3/h64-68,73H,7-63H2,1-6H3,(H,78,79)(H,80,81)/t65?,66-,67-,68-/m1/s1. The Morgan fingerprint density at radius 2 is 0.560 bits per heavy atom. The van der Waals surface area contributed by atoms with Gasteiger partial charge in [0.15, 0.2) is 12.2 Å². The quantitative estimate of drug-likeness (QED) is 0.0222. The molecular formula is C72H140O17P2. The van der Waals surface area contributed by atoms with Crippen LogP contribution in [0, 0.1) is 11.8 Å². The fraction of sp³-hybridized carbons (Fsp3) is 0.944. The number of carbonyl (C=O) groups excluding carboxylic acids is 4. The molecule has 3 unspecified atom stereocenters. The molecule has 0 aromatic heterocycles. The lowest BCUT2D eigenvalue weighted by Crippen LogP contribution is -2.30. The molecule has 0 amide bonds. The van der Waals surface area contributed by atoms with Gasteiger partial charge in [0.05, 0.1) is 26.4 Å². The third-order valence-electron chi connectivity index (χ3n) is 17.1. The van der Waals surface area contributed by atoms with E-state index in [4.69, 9.17) is 37.0 Å². The number of phosphoric acid groups is 2. The Balaban J connectivity index is 5.21. The number of aliphatic hydroxyl groups excluding tert-OH is 1. The first-order valence-electron chi connectivity index (χ1n) is 37.5. The molecule has 0 aromatic rings. The van der Waals surface area contributed by atoms with Gasteiger partial charge in [0.25, 0.3) is 0 Å². The van der Waals surface area contributed by atoms with Gasteiger partial charge < -0.3 is 33.8 Å². The smallest absolute Gasteiger partial charge is 0.462 e. The number of aliphatic hydroxyl groups is 1. The zero-order chi connectivity index (χ0) is 67.2. The summed E-state index contributed by atoms with van der Waals surface area (Å²) in [7, 11) is -9.90. The first kappa shape index (κ1) is 89.1. The Kier molecular flexibility index (Phi) is 62.7. The van der Waals surface area contributed by atoms with Gasteiger partial charge in [-0.2, -0.15) is 0 Å². The van der Waals surface area contributed by atoms with Crippen LogP contribution in [0.15, 0.2) is 0 Å². The molecule has 0 aromatic carbocycles. The van der Waals surface area contributed by atoms with E-state index in [2.05, 4.69) is 41.5 Å². The van der Waals surface area contributed by atoms with Crippen LogP contribution in [0.2, 0.25) is 0 Å². The summed E-state index contributed by atoms with van der Waals surface area (Å²) in [6.45, 7) is 9.50. The highest BCUT2D eigenvalue weighted by atomic mass is 31.2. The van der Waals surface area contributed by atoms with Crippen molar-refractivity contribution in [1.82, 2.24) is 0 Å². The zero-order valence-corrected chi connectivity index (χ0v) is 60.9. The minimum absolute atomic E-state index is 0.103. The van der Waals surface area contributed by atoms with E-state index in [1.165, 1.54) is 180 Å². The summed E-state index contributed by atoms with van der Waals surface area (Å²) in [5.74, 6) is -0.624. The number of rotatable bonds is 71.